The fourth-order valence-corrected chi connectivity index (χ4v) is 5.66. The Morgan fingerprint density at radius 1 is 0.929 bits per heavy atom. The summed E-state index contributed by atoms with van der Waals surface area (Å²) in [5, 5.41) is 3.10. The van der Waals surface area contributed by atoms with Crippen LogP contribution >= 0.6 is 0 Å². The highest BCUT2D eigenvalue weighted by Crippen LogP contribution is 2.32. The van der Waals surface area contributed by atoms with Gasteiger partial charge >= 0.3 is 0 Å². The minimum absolute atomic E-state index is 0.123. The third kappa shape index (κ3) is 3.78. The van der Waals surface area contributed by atoms with Crippen LogP contribution in [0.4, 0.5) is 5.69 Å². The Labute approximate surface area is 166 Å². The molecule has 5 nitrogen and oxygen atoms in total. The summed E-state index contributed by atoms with van der Waals surface area (Å²) in [5.41, 5.74) is 2.30. The van der Waals surface area contributed by atoms with Crippen LogP contribution in [0.1, 0.15) is 54.4 Å². The normalized spacial score (nSPS) is 17.8. The number of hydrogen-bond donors (Lipinski definition) is 1. The van der Waals surface area contributed by atoms with Gasteiger partial charge in [-0.1, -0.05) is 43.9 Å². The van der Waals surface area contributed by atoms with Crippen molar-refractivity contribution in [1.82, 2.24) is 5.32 Å². The van der Waals surface area contributed by atoms with Crippen LogP contribution in [0.25, 0.3) is 0 Å². The van der Waals surface area contributed by atoms with Crippen molar-refractivity contribution in [2.24, 2.45) is 0 Å². The van der Waals surface area contributed by atoms with E-state index >= 15 is 0 Å². The summed E-state index contributed by atoms with van der Waals surface area (Å²) in [6, 6.07) is 14.1. The van der Waals surface area contributed by atoms with Gasteiger partial charge in [-0.05, 0) is 55.2 Å². The van der Waals surface area contributed by atoms with Gasteiger partial charge in [0, 0.05) is 18.2 Å². The van der Waals surface area contributed by atoms with Crippen LogP contribution in [0.15, 0.2) is 53.4 Å². The Kier molecular flexibility index (Phi) is 5.40. The zero-order valence-corrected chi connectivity index (χ0v) is 16.7. The van der Waals surface area contributed by atoms with E-state index in [0.717, 1.165) is 43.4 Å². The van der Waals surface area contributed by atoms with Crippen molar-refractivity contribution in [1.29, 1.82) is 0 Å². The topological polar surface area (TPSA) is 66.5 Å². The Morgan fingerprint density at radius 2 is 1.61 bits per heavy atom. The molecule has 28 heavy (non-hydrogen) atoms. The highest BCUT2D eigenvalue weighted by atomic mass is 32.2. The van der Waals surface area contributed by atoms with Crippen molar-refractivity contribution >= 4 is 21.6 Å². The molecule has 2 aliphatic rings. The fraction of sp³-hybridized carbons (Fsp3) is 0.409. The van der Waals surface area contributed by atoms with E-state index in [2.05, 4.69) is 5.32 Å². The zero-order chi connectivity index (χ0) is 19.6. The number of carbonyl (C=O) groups is 1. The molecule has 0 spiro atoms. The van der Waals surface area contributed by atoms with Gasteiger partial charge in [0.2, 0.25) is 0 Å². The first-order chi connectivity index (χ1) is 13.6. The zero-order valence-electron chi connectivity index (χ0n) is 15.9. The number of anilines is 1. The summed E-state index contributed by atoms with van der Waals surface area (Å²) >= 11 is 0. The van der Waals surface area contributed by atoms with Gasteiger partial charge in [0.15, 0.2) is 0 Å². The van der Waals surface area contributed by atoms with Crippen LogP contribution in [-0.4, -0.2) is 26.9 Å². The lowest BCUT2D eigenvalue weighted by molar-refractivity contribution is 0.0933. The highest BCUT2D eigenvalue weighted by molar-refractivity contribution is 7.92. The number of rotatable bonds is 4. The summed E-state index contributed by atoms with van der Waals surface area (Å²) in [6.07, 6.45) is 7.53. The largest absolute Gasteiger partial charge is 0.349 e. The molecule has 1 heterocycles. The van der Waals surface area contributed by atoms with E-state index in [1.54, 1.807) is 12.1 Å². The van der Waals surface area contributed by atoms with E-state index < -0.39 is 10.0 Å². The third-order valence-corrected chi connectivity index (χ3v) is 7.57. The van der Waals surface area contributed by atoms with Gasteiger partial charge in [-0.15, -0.1) is 0 Å². The van der Waals surface area contributed by atoms with E-state index in [4.69, 9.17) is 0 Å². The van der Waals surface area contributed by atoms with E-state index in [0.29, 0.717) is 12.1 Å². The van der Waals surface area contributed by atoms with Gasteiger partial charge < -0.3 is 5.32 Å². The monoisotopic (exact) mass is 398 g/mol. The first-order valence-corrected chi connectivity index (χ1v) is 11.5. The van der Waals surface area contributed by atoms with Gasteiger partial charge in [-0.25, -0.2) is 8.42 Å². The fourth-order valence-electron chi connectivity index (χ4n) is 4.16. The molecule has 0 saturated heterocycles. The Hall–Kier alpha value is -2.34. The number of benzene rings is 2. The maximum atomic E-state index is 13.1. The molecule has 6 heteroatoms. The minimum Gasteiger partial charge on any atom is -0.349 e. The van der Waals surface area contributed by atoms with Crippen molar-refractivity contribution in [2.75, 3.05) is 10.8 Å². The average molecular weight is 399 g/mol. The minimum atomic E-state index is -3.62. The quantitative estimate of drug-likeness (QED) is 0.795. The number of nitrogens with zero attached hydrogens (tertiary/aromatic N) is 1. The number of nitrogens with one attached hydrogen (secondary N) is 1. The van der Waals surface area contributed by atoms with Crippen LogP contribution < -0.4 is 9.62 Å². The highest BCUT2D eigenvalue weighted by Gasteiger charge is 2.30. The average Bonchev–Trinajstić information content (AvgIpc) is 2.99. The van der Waals surface area contributed by atoms with Crippen molar-refractivity contribution < 1.29 is 13.2 Å². The standard InChI is InChI=1S/C22H26N2O3S/c25-22(23-19-8-3-1-2-4-9-19)18-11-13-20(14-12-18)28(26,27)24-16-15-17-7-5-6-10-21(17)24/h5-7,10-14,19H,1-4,8-9,15-16H2,(H,23,25). The van der Waals surface area contributed by atoms with Crippen LogP contribution in [0.5, 0.6) is 0 Å². The van der Waals surface area contributed by atoms with Crippen molar-refractivity contribution in [2.45, 2.75) is 55.9 Å². The van der Waals surface area contributed by atoms with E-state index in [1.807, 2.05) is 24.3 Å². The first kappa shape index (κ1) is 19.0. The lowest BCUT2D eigenvalue weighted by Crippen LogP contribution is -2.34. The maximum absolute atomic E-state index is 13.1. The number of hydrogen-bond acceptors (Lipinski definition) is 3. The lowest BCUT2D eigenvalue weighted by Gasteiger charge is -2.20. The molecule has 2 aromatic rings. The van der Waals surface area contributed by atoms with Gasteiger partial charge in [0.25, 0.3) is 15.9 Å². The van der Waals surface area contributed by atoms with E-state index in [9.17, 15) is 13.2 Å². The SMILES string of the molecule is O=C(NC1CCCCCC1)c1ccc(S(=O)(=O)N2CCc3ccccc32)cc1. The molecule has 4 rings (SSSR count). The number of fused-ring (bicyclic) bond motifs is 1. The molecule has 0 unspecified atom stereocenters. The molecule has 0 radical (unpaired) electrons. The second kappa shape index (κ2) is 7.95. The molecule has 0 bridgehead atoms. The molecular formula is C22H26N2O3S. The molecule has 148 valence electrons. The molecule has 2 aromatic carbocycles. The third-order valence-electron chi connectivity index (χ3n) is 5.74. The molecule has 0 aromatic heterocycles. The molecule has 1 amide bonds. The van der Waals surface area contributed by atoms with E-state index in [1.165, 1.54) is 29.3 Å². The van der Waals surface area contributed by atoms with Crippen LogP contribution in [0.3, 0.4) is 0 Å². The van der Waals surface area contributed by atoms with Crippen LogP contribution in [-0.2, 0) is 16.4 Å². The first-order valence-electron chi connectivity index (χ1n) is 10.1. The number of carbonyl (C=O) groups excluding carboxylic acids is 1. The predicted octanol–water partition coefficient (Wildman–Crippen LogP) is 3.89. The smallest absolute Gasteiger partial charge is 0.264 e. The maximum Gasteiger partial charge on any atom is 0.264 e. The summed E-state index contributed by atoms with van der Waals surface area (Å²) < 4.78 is 27.6. The van der Waals surface area contributed by atoms with Crippen molar-refractivity contribution in [3.8, 4) is 0 Å². The summed E-state index contributed by atoms with van der Waals surface area (Å²) in [5.74, 6) is -0.123. The van der Waals surface area contributed by atoms with E-state index in [-0.39, 0.29) is 16.8 Å². The molecular weight excluding hydrogens is 372 g/mol. The lowest BCUT2D eigenvalue weighted by atomic mass is 10.1. The molecule has 1 aliphatic carbocycles. The molecule has 1 aliphatic heterocycles. The predicted molar refractivity (Wildman–Crippen MR) is 110 cm³/mol. The van der Waals surface area contributed by atoms with Crippen LogP contribution in [0, 0.1) is 0 Å². The summed E-state index contributed by atoms with van der Waals surface area (Å²) in [6.45, 7) is 0.450. The van der Waals surface area contributed by atoms with Gasteiger partial charge in [-0.2, -0.15) is 0 Å². The Morgan fingerprint density at radius 3 is 2.32 bits per heavy atom. The summed E-state index contributed by atoms with van der Waals surface area (Å²) in [4.78, 5) is 12.8. The molecule has 1 saturated carbocycles. The Bertz CT molecular complexity index is 946. The second-order valence-electron chi connectivity index (χ2n) is 7.64. The molecule has 1 N–H and O–H groups in total. The second-order valence-corrected chi connectivity index (χ2v) is 9.50. The molecule has 0 atom stereocenters. The molecule has 1 fully saturated rings. The number of para-hydroxylation sites is 1. The summed E-state index contributed by atoms with van der Waals surface area (Å²) in [7, 11) is -3.62. The van der Waals surface area contributed by atoms with Gasteiger partial charge in [-0.3, -0.25) is 9.10 Å². The van der Waals surface area contributed by atoms with Crippen molar-refractivity contribution in [3.63, 3.8) is 0 Å². The van der Waals surface area contributed by atoms with Crippen molar-refractivity contribution in [3.05, 3.63) is 59.7 Å². The van der Waals surface area contributed by atoms with Gasteiger partial charge in [0.1, 0.15) is 0 Å². The number of amides is 1. The van der Waals surface area contributed by atoms with Crippen LogP contribution in [0.2, 0.25) is 0 Å². The van der Waals surface area contributed by atoms with Gasteiger partial charge in [0.05, 0.1) is 10.6 Å². The Balaban J connectivity index is 1.49. The number of sulfonamides is 1.